The molecule has 1 unspecified atom stereocenters. The van der Waals surface area contributed by atoms with E-state index in [-0.39, 0.29) is 17.9 Å². The lowest BCUT2D eigenvalue weighted by Gasteiger charge is -2.01. The fourth-order valence-electron chi connectivity index (χ4n) is 0.895. The lowest BCUT2D eigenvalue weighted by molar-refractivity contribution is -0.117. The maximum Gasteiger partial charge on any atom is 0.410 e. The molecule has 1 rings (SSSR count). The van der Waals surface area contributed by atoms with Crippen LogP contribution in [-0.4, -0.2) is 36.0 Å². The Morgan fingerprint density at radius 2 is 2.27 bits per heavy atom. The molecule has 1 fully saturated rings. The van der Waals surface area contributed by atoms with E-state index in [1.54, 1.807) is 6.92 Å². The molecule has 0 N–H and O–H groups in total. The average Bonchev–Trinajstić information content (AvgIpc) is 2.65. The SMILES string of the molecule is CCOC(=O)N1CC1C(C)=O. The van der Waals surface area contributed by atoms with Crippen LogP contribution in [0.15, 0.2) is 0 Å². The lowest BCUT2D eigenvalue weighted by atomic mass is 10.3. The number of carbonyl (C=O) groups excluding carboxylic acids is 2. The normalized spacial score (nSPS) is 21.3. The van der Waals surface area contributed by atoms with Gasteiger partial charge in [-0.15, -0.1) is 0 Å². The lowest BCUT2D eigenvalue weighted by Crippen LogP contribution is -2.18. The van der Waals surface area contributed by atoms with Gasteiger partial charge < -0.3 is 4.74 Å². The van der Waals surface area contributed by atoms with E-state index >= 15 is 0 Å². The molecule has 0 aliphatic carbocycles. The molecule has 1 aliphatic heterocycles. The minimum absolute atomic E-state index is 0.0260. The van der Waals surface area contributed by atoms with Gasteiger partial charge >= 0.3 is 6.09 Å². The fourth-order valence-corrected chi connectivity index (χ4v) is 0.895. The minimum atomic E-state index is -0.382. The van der Waals surface area contributed by atoms with Gasteiger partial charge in [-0.2, -0.15) is 0 Å². The van der Waals surface area contributed by atoms with Gasteiger partial charge in [-0.25, -0.2) is 4.79 Å². The number of amides is 1. The van der Waals surface area contributed by atoms with Gasteiger partial charge in [0, 0.05) is 0 Å². The van der Waals surface area contributed by atoms with Gasteiger partial charge in [0.05, 0.1) is 13.2 Å². The molecular weight excluding hydrogens is 146 g/mol. The highest BCUT2D eigenvalue weighted by molar-refractivity contribution is 5.90. The van der Waals surface area contributed by atoms with Crippen LogP contribution in [0.5, 0.6) is 0 Å². The monoisotopic (exact) mass is 157 g/mol. The summed E-state index contributed by atoms with van der Waals surface area (Å²) in [5, 5.41) is 0. The second-order valence-corrected chi connectivity index (χ2v) is 2.48. The molecule has 0 spiro atoms. The predicted octanol–water partition coefficient (Wildman–Crippen LogP) is 0.416. The molecule has 0 aromatic rings. The van der Waals surface area contributed by atoms with E-state index in [0.29, 0.717) is 13.2 Å². The highest BCUT2D eigenvalue weighted by atomic mass is 16.6. The molecule has 1 aliphatic rings. The molecular formula is C7H11NO3. The zero-order valence-electron chi connectivity index (χ0n) is 6.66. The van der Waals surface area contributed by atoms with Crippen molar-refractivity contribution in [1.82, 2.24) is 4.90 Å². The smallest absolute Gasteiger partial charge is 0.410 e. The van der Waals surface area contributed by atoms with Crippen LogP contribution >= 0.6 is 0 Å². The quantitative estimate of drug-likeness (QED) is 0.545. The first kappa shape index (κ1) is 8.04. The largest absolute Gasteiger partial charge is 0.450 e. The Morgan fingerprint density at radius 3 is 2.64 bits per heavy atom. The van der Waals surface area contributed by atoms with Gasteiger partial charge in [-0.1, -0.05) is 0 Å². The zero-order valence-corrected chi connectivity index (χ0v) is 6.66. The van der Waals surface area contributed by atoms with E-state index in [1.165, 1.54) is 11.8 Å². The van der Waals surface area contributed by atoms with Crippen LogP contribution in [-0.2, 0) is 9.53 Å². The van der Waals surface area contributed by atoms with Gasteiger partial charge in [0.25, 0.3) is 0 Å². The van der Waals surface area contributed by atoms with Crippen molar-refractivity contribution in [2.24, 2.45) is 0 Å². The Kier molecular flexibility index (Phi) is 2.12. The number of rotatable bonds is 2. The summed E-state index contributed by atoms with van der Waals surface area (Å²) in [4.78, 5) is 23.0. The van der Waals surface area contributed by atoms with Crippen LogP contribution < -0.4 is 0 Å². The van der Waals surface area contributed by atoms with Gasteiger partial charge in [-0.05, 0) is 13.8 Å². The van der Waals surface area contributed by atoms with E-state index in [9.17, 15) is 9.59 Å². The number of hydrogen-bond donors (Lipinski definition) is 0. The maximum atomic E-state index is 10.9. The Bertz CT molecular complexity index is 190. The first-order valence-corrected chi connectivity index (χ1v) is 3.60. The molecule has 4 nitrogen and oxygen atoms in total. The number of hydrogen-bond acceptors (Lipinski definition) is 3. The third-order valence-electron chi connectivity index (χ3n) is 1.58. The molecule has 1 amide bonds. The summed E-state index contributed by atoms with van der Waals surface area (Å²) in [6, 6.07) is -0.214. The molecule has 1 heterocycles. The number of carbonyl (C=O) groups is 2. The molecule has 62 valence electrons. The molecule has 1 atom stereocenters. The molecule has 1 saturated heterocycles. The number of ketones is 1. The van der Waals surface area contributed by atoms with Crippen LogP contribution in [0.4, 0.5) is 4.79 Å². The first-order valence-electron chi connectivity index (χ1n) is 3.60. The third-order valence-corrected chi connectivity index (χ3v) is 1.58. The summed E-state index contributed by atoms with van der Waals surface area (Å²) < 4.78 is 4.68. The van der Waals surface area contributed by atoms with Crippen molar-refractivity contribution < 1.29 is 14.3 Å². The summed E-state index contributed by atoms with van der Waals surface area (Å²) in [7, 11) is 0. The van der Waals surface area contributed by atoms with Crippen LogP contribution in [0.3, 0.4) is 0 Å². The van der Waals surface area contributed by atoms with E-state index in [1.807, 2.05) is 0 Å². The maximum absolute atomic E-state index is 10.9. The summed E-state index contributed by atoms with van der Waals surface area (Å²) in [5.74, 6) is 0.0260. The number of Topliss-reactive ketones (excluding diaryl/α,β-unsaturated/α-hetero) is 1. The van der Waals surface area contributed by atoms with Crippen molar-refractivity contribution in [1.29, 1.82) is 0 Å². The van der Waals surface area contributed by atoms with Crippen molar-refractivity contribution in [3.63, 3.8) is 0 Å². The standard InChI is InChI=1S/C7H11NO3/c1-3-11-7(10)8-4-6(8)5(2)9/h6H,3-4H2,1-2H3. The molecule has 0 saturated carbocycles. The molecule has 0 aromatic carbocycles. The van der Waals surface area contributed by atoms with E-state index in [0.717, 1.165) is 0 Å². The number of nitrogens with zero attached hydrogens (tertiary/aromatic N) is 1. The topological polar surface area (TPSA) is 46.4 Å². The summed E-state index contributed by atoms with van der Waals surface area (Å²) in [6.07, 6.45) is -0.382. The summed E-state index contributed by atoms with van der Waals surface area (Å²) in [6.45, 7) is 4.10. The van der Waals surface area contributed by atoms with Crippen molar-refractivity contribution in [2.75, 3.05) is 13.2 Å². The number of ether oxygens (including phenoxy) is 1. The highest BCUT2D eigenvalue weighted by Gasteiger charge is 2.42. The van der Waals surface area contributed by atoms with E-state index in [2.05, 4.69) is 4.74 Å². The molecule has 4 heteroatoms. The predicted molar refractivity (Wildman–Crippen MR) is 38.2 cm³/mol. The van der Waals surface area contributed by atoms with Crippen molar-refractivity contribution in [3.8, 4) is 0 Å². The van der Waals surface area contributed by atoms with Gasteiger partial charge in [0.1, 0.15) is 6.04 Å². The van der Waals surface area contributed by atoms with Gasteiger partial charge in [-0.3, -0.25) is 9.69 Å². The Balaban J connectivity index is 2.32. The van der Waals surface area contributed by atoms with Crippen molar-refractivity contribution in [3.05, 3.63) is 0 Å². The van der Waals surface area contributed by atoms with Crippen LogP contribution in [0.1, 0.15) is 13.8 Å². The Hall–Kier alpha value is -1.06. The molecule has 0 aromatic heterocycles. The molecule has 0 bridgehead atoms. The van der Waals surface area contributed by atoms with E-state index < -0.39 is 0 Å². The fraction of sp³-hybridized carbons (Fsp3) is 0.714. The van der Waals surface area contributed by atoms with Gasteiger partial charge in [0.2, 0.25) is 0 Å². The minimum Gasteiger partial charge on any atom is -0.450 e. The molecule has 0 radical (unpaired) electrons. The summed E-state index contributed by atoms with van der Waals surface area (Å²) >= 11 is 0. The van der Waals surface area contributed by atoms with E-state index in [4.69, 9.17) is 0 Å². The van der Waals surface area contributed by atoms with Crippen molar-refractivity contribution >= 4 is 11.9 Å². The zero-order chi connectivity index (χ0) is 8.43. The Labute approximate surface area is 65.1 Å². The second-order valence-electron chi connectivity index (χ2n) is 2.48. The average molecular weight is 157 g/mol. The van der Waals surface area contributed by atoms with Crippen LogP contribution in [0.2, 0.25) is 0 Å². The van der Waals surface area contributed by atoms with Gasteiger partial charge in [0.15, 0.2) is 5.78 Å². The summed E-state index contributed by atoms with van der Waals surface area (Å²) in [5.41, 5.74) is 0. The molecule has 11 heavy (non-hydrogen) atoms. The second kappa shape index (κ2) is 2.90. The van der Waals surface area contributed by atoms with Crippen LogP contribution in [0.25, 0.3) is 0 Å². The third kappa shape index (κ3) is 1.69. The first-order chi connectivity index (χ1) is 5.16. The Morgan fingerprint density at radius 1 is 1.64 bits per heavy atom. The van der Waals surface area contributed by atoms with Crippen molar-refractivity contribution in [2.45, 2.75) is 19.9 Å². The van der Waals surface area contributed by atoms with Crippen LogP contribution in [0, 0.1) is 0 Å². The highest BCUT2D eigenvalue weighted by Crippen LogP contribution is 2.18.